The number of thiazole rings is 1. The van der Waals surface area contributed by atoms with Gasteiger partial charge in [0.25, 0.3) is 0 Å². The van der Waals surface area contributed by atoms with Gasteiger partial charge in [-0.05, 0) is 25.0 Å². The van der Waals surface area contributed by atoms with Gasteiger partial charge in [0.2, 0.25) is 0 Å². The topological polar surface area (TPSA) is 53.0 Å². The van der Waals surface area contributed by atoms with Gasteiger partial charge < -0.3 is 15.0 Å². The van der Waals surface area contributed by atoms with Crippen molar-refractivity contribution in [1.29, 1.82) is 0 Å². The molecule has 1 N–H and O–H groups in total. The van der Waals surface area contributed by atoms with Crippen LogP contribution in [-0.2, 0) is 24.4 Å². The molecule has 28 heavy (non-hydrogen) atoms. The molecule has 0 saturated carbocycles. The minimum absolute atomic E-state index is 0.667. The van der Waals surface area contributed by atoms with Crippen molar-refractivity contribution in [2.24, 2.45) is 4.99 Å². The molecule has 0 aliphatic carbocycles. The van der Waals surface area contributed by atoms with Crippen LogP contribution >= 0.6 is 11.3 Å². The third kappa shape index (κ3) is 6.29. The predicted molar refractivity (Wildman–Crippen MR) is 116 cm³/mol. The fraction of sp³-hybridized carbons (Fsp3) is 0.524. The van der Waals surface area contributed by atoms with Crippen molar-refractivity contribution >= 4 is 17.3 Å². The molecule has 0 amide bonds. The lowest BCUT2D eigenvalue weighted by molar-refractivity contribution is 0.0342. The Kier molecular flexibility index (Phi) is 7.82. The average Bonchev–Trinajstić information content (AvgIpc) is 3.11. The number of nitrogens with zero attached hydrogens (tertiary/aromatic N) is 4. The Hall–Kier alpha value is -1.96. The monoisotopic (exact) mass is 401 g/mol. The lowest BCUT2D eigenvalue weighted by Crippen LogP contribution is -2.38. The van der Waals surface area contributed by atoms with E-state index in [-0.39, 0.29) is 0 Å². The first-order chi connectivity index (χ1) is 13.6. The second kappa shape index (κ2) is 10.5. The van der Waals surface area contributed by atoms with Gasteiger partial charge in [0.15, 0.2) is 5.96 Å². The van der Waals surface area contributed by atoms with Gasteiger partial charge in [-0.25, -0.2) is 9.98 Å². The van der Waals surface area contributed by atoms with E-state index < -0.39 is 0 Å². The quantitative estimate of drug-likeness (QED) is 0.571. The molecule has 1 aliphatic heterocycles. The third-order valence-corrected chi connectivity index (χ3v) is 5.53. The highest BCUT2D eigenvalue weighted by molar-refractivity contribution is 7.09. The Morgan fingerprint density at radius 1 is 1.25 bits per heavy atom. The number of benzene rings is 1. The summed E-state index contributed by atoms with van der Waals surface area (Å²) >= 11 is 1.69. The molecule has 2 heterocycles. The number of nitrogens with one attached hydrogen (secondary N) is 1. The summed E-state index contributed by atoms with van der Waals surface area (Å²) < 4.78 is 5.42. The van der Waals surface area contributed by atoms with Crippen LogP contribution in [-0.4, -0.2) is 60.6 Å². The van der Waals surface area contributed by atoms with Crippen molar-refractivity contribution in [1.82, 2.24) is 20.1 Å². The first-order valence-electron chi connectivity index (χ1n) is 9.92. The Morgan fingerprint density at radius 3 is 2.61 bits per heavy atom. The molecule has 1 aromatic carbocycles. The van der Waals surface area contributed by atoms with E-state index in [0.717, 1.165) is 62.6 Å². The first-order valence-corrected chi connectivity index (χ1v) is 10.8. The Labute approximate surface area is 172 Å². The average molecular weight is 402 g/mol. The number of morpholine rings is 1. The van der Waals surface area contributed by atoms with Gasteiger partial charge >= 0.3 is 0 Å². The number of aryl methyl sites for hydroxylation is 1. The molecule has 1 aromatic heterocycles. The van der Waals surface area contributed by atoms with Crippen LogP contribution in [0.5, 0.6) is 0 Å². The van der Waals surface area contributed by atoms with Crippen LogP contribution in [0.25, 0.3) is 0 Å². The lowest BCUT2D eigenvalue weighted by atomic mass is 10.1. The molecule has 3 rings (SSSR count). The second-order valence-electron chi connectivity index (χ2n) is 7.09. The Bertz CT molecular complexity index is 752. The van der Waals surface area contributed by atoms with Gasteiger partial charge in [0.1, 0.15) is 0 Å². The van der Waals surface area contributed by atoms with Crippen molar-refractivity contribution in [3.63, 3.8) is 0 Å². The number of guanidine groups is 1. The van der Waals surface area contributed by atoms with Crippen LogP contribution in [0.1, 0.15) is 28.8 Å². The minimum Gasteiger partial charge on any atom is -0.379 e. The van der Waals surface area contributed by atoms with Crippen LogP contribution in [0, 0.1) is 6.92 Å². The van der Waals surface area contributed by atoms with Gasteiger partial charge in [-0.3, -0.25) is 4.90 Å². The molecule has 1 aliphatic rings. The molecule has 0 spiro atoms. The molecular formula is C21H31N5OS. The smallest absolute Gasteiger partial charge is 0.194 e. The van der Waals surface area contributed by atoms with Crippen LogP contribution in [0.4, 0.5) is 0 Å². The SMILES string of the molecule is CCNC(=NCc1ccc(CN2CCOCC2)cc1)N(C)Cc1csc(C)n1. The van der Waals surface area contributed by atoms with E-state index in [1.165, 1.54) is 11.1 Å². The molecule has 0 atom stereocenters. The van der Waals surface area contributed by atoms with Gasteiger partial charge in [0, 0.05) is 38.6 Å². The normalized spacial score (nSPS) is 15.6. The number of hydrogen-bond acceptors (Lipinski definition) is 5. The highest BCUT2D eigenvalue weighted by Gasteiger charge is 2.11. The van der Waals surface area contributed by atoms with Gasteiger partial charge in [0.05, 0.1) is 37.0 Å². The summed E-state index contributed by atoms with van der Waals surface area (Å²) in [5.74, 6) is 0.908. The summed E-state index contributed by atoms with van der Waals surface area (Å²) in [4.78, 5) is 13.9. The van der Waals surface area contributed by atoms with Crippen molar-refractivity contribution in [3.8, 4) is 0 Å². The van der Waals surface area contributed by atoms with Crippen LogP contribution in [0.15, 0.2) is 34.6 Å². The molecule has 7 heteroatoms. The standard InChI is InChI=1S/C21H31N5OS/c1-4-22-21(25(3)15-20-16-28-17(2)24-20)23-13-18-5-7-19(8-6-18)14-26-9-11-27-12-10-26/h5-8,16H,4,9-15H2,1-3H3,(H,22,23). The van der Waals surface area contributed by atoms with Crippen LogP contribution < -0.4 is 5.32 Å². The minimum atomic E-state index is 0.667. The fourth-order valence-corrected chi connectivity index (χ4v) is 3.81. The number of ether oxygens (including phenoxy) is 1. The maximum atomic E-state index is 5.42. The zero-order chi connectivity index (χ0) is 19.8. The highest BCUT2D eigenvalue weighted by atomic mass is 32.1. The van der Waals surface area contributed by atoms with Gasteiger partial charge in [-0.15, -0.1) is 11.3 Å². The second-order valence-corrected chi connectivity index (χ2v) is 8.15. The van der Waals surface area contributed by atoms with E-state index in [4.69, 9.17) is 9.73 Å². The van der Waals surface area contributed by atoms with E-state index in [2.05, 4.69) is 63.7 Å². The Balaban J connectivity index is 1.57. The first kappa shape index (κ1) is 20.8. The van der Waals surface area contributed by atoms with E-state index >= 15 is 0 Å². The van der Waals surface area contributed by atoms with Crippen molar-refractivity contribution < 1.29 is 4.74 Å². The molecular weight excluding hydrogens is 370 g/mol. The molecule has 0 bridgehead atoms. The van der Waals surface area contributed by atoms with Crippen LogP contribution in [0.3, 0.4) is 0 Å². The zero-order valence-electron chi connectivity index (χ0n) is 17.1. The summed E-state index contributed by atoms with van der Waals surface area (Å²) in [7, 11) is 2.06. The van der Waals surface area contributed by atoms with E-state index in [1.54, 1.807) is 11.3 Å². The lowest BCUT2D eigenvalue weighted by Gasteiger charge is -2.26. The fourth-order valence-electron chi connectivity index (χ4n) is 3.20. The molecule has 1 fully saturated rings. The van der Waals surface area contributed by atoms with Crippen molar-refractivity contribution in [2.75, 3.05) is 39.9 Å². The molecule has 1 saturated heterocycles. The molecule has 6 nitrogen and oxygen atoms in total. The van der Waals surface area contributed by atoms with E-state index in [9.17, 15) is 0 Å². The van der Waals surface area contributed by atoms with Gasteiger partial charge in [-0.1, -0.05) is 24.3 Å². The summed E-state index contributed by atoms with van der Waals surface area (Å²) in [6.07, 6.45) is 0. The summed E-state index contributed by atoms with van der Waals surface area (Å²) in [6, 6.07) is 8.81. The molecule has 152 valence electrons. The summed E-state index contributed by atoms with van der Waals surface area (Å²) in [6.45, 7) is 11.1. The summed E-state index contributed by atoms with van der Waals surface area (Å²) in [5.41, 5.74) is 3.65. The summed E-state index contributed by atoms with van der Waals surface area (Å²) in [5, 5.41) is 6.59. The van der Waals surface area contributed by atoms with Gasteiger partial charge in [-0.2, -0.15) is 0 Å². The molecule has 0 radical (unpaired) electrons. The van der Waals surface area contributed by atoms with Crippen molar-refractivity contribution in [3.05, 3.63) is 51.5 Å². The third-order valence-electron chi connectivity index (χ3n) is 4.71. The zero-order valence-corrected chi connectivity index (χ0v) is 18.0. The number of aromatic nitrogens is 1. The number of hydrogen-bond donors (Lipinski definition) is 1. The van der Waals surface area contributed by atoms with E-state index in [1.807, 2.05) is 6.92 Å². The van der Waals surface area contributed by atoms with E-state index in [0.29, 0.717) is 6.54 Å². The van der Waals surface area contributed by atoms with Crippen LogP contribution in [0.2, 0.25) is 0 Å². The molecule has 2 aromatic rings. The largest absolute Gasteiger partial charge is 0.379 e. The van der Waals surface area contributed by atoms with Crippen molar-refractivity contribution in [2.45, 2.75) is 33.5 Å². The maximum Gasteiger partial charge on any atom is 0.194 e. The molecule has 0 unspecified atom stereocenters. The number of aliphatic imine (C=N–C) groups is 1. The number of rotatable bonds is 7. The highest BCUT2D eigenvalue weighted by Crippen LogP contribution is 2.12. The predicted octanol–water partition coefficient (Wildman–Crippen LogP) is 2.88. The Morgan fingerprint density at radius 2 is 1.96 bits per heavy atom. The maximum absolute atomic E-state index is 5.42.